The number of halogens is 1. The van der Waals surface area contributed by atoms with Gasteiger partial charge in [-0.3, -0.25) is 4.79 Å². The minimum atomic E-state index is -0.155. The summed E-state index contributed by atoms with van der Waals surface area (Å²) >= 11 is 6.08. The first-order valence-corrected chi connectivity index (χ1v) is 7.59. The lowest BCUT2D eigenvalue weighted by atomic mass is 9.88. The highest BCUT2D eigenvalue weighted by Gasteiger charge is 2.33. The normalized spacial score (nSPS) is 17.4. The fourth-order valence-corrected chi connectivity index (χ4v) is 3.29. The number of benzene rings is 1. The molecule has 1 aromatic heterocycles. The average molecular weight is 292 g/mol. The van der Waals surface area contributed by atoms with Crippen molar-refractivity contribution in [3.63, 3.8) is 0 Å². The molecule has 106 valence electrons. The van der Waals surface area contributed by atoms with Crippen LogP contribution in [-0.2, 0) is 0 Å². The summed E-state index contributed by atoms with van der Waals surface area (Å²) in [4.78, 5) is 12.2. The Bertz CT molecular complexity index is 581. The predicted octanol–water partition coefficient (Wildman–Crippen LogP) is 3.96. The summed E-state index contributed by atoms with van der Waals surface area (Å²) in [6.45, 7) is 0.631. The van der Waals surface area contributed by atoms with Crippen LogP contribution in [0.2, 0.25) is 0 Å². The lowest BCUT2D eigenvalue weighted by Crippen LogP contribution is -2.37. The van der Waals surface area contributed by atoms with Crippen molar-refractivity contribution < 1.29 is 9.21 Å². The van der Waals surface area contributed by atoms with Crippen molar-refractivity contribution >= 4 is 28.5 Å². The van der Waals surface area contributed by atoms with Crippen molar-refractivity contribution in [2.75, 3.05) is 12.4 Å². The summed E-state index contributed by atoms with van der Waals surface area (Å²) in [7, 11) is 0. The van der Waals surface area contributed by atoms with Crippen LogP contribution in [0.5, 0.6) is 0 Å². The molecule has 0 bridgehead atoms. The Morgan fingerprint density at radius 1 is 1.30 bits per heavy atom. The van der Waals surface area contributed by atoms with E-state index in [0.717, 1.165) is 23.8 Å². The zero-order chi connectivity index (χ0) is 14.0. The fraction of sp³-hybridized carbons (Fsp3) is 0.438. The van der Waals surface area contributed by atoms with Crippen LogP contribution in [0.3, 0.4) is 0 Å². The zero-order valence-electron chi connectivity index (χ0n) is 11.3. The molecule has 1 aliphatic rings. The maximum Gasteiger partial charge on any atom is 0.287 e. The summed E-state index contributed by atoms with van der Waals surface area (Å²) in [5.74, 6) is 0.819. The van der Waals surface area contributed by atoms with E-state index in [2.05, 4.69) is 5.32 Å². The van der Waals surface area contributed by atoms with Gasteiger partial charge in [-0.05, 0) is 25.0 Å². The third kappa shape index (κ3) is 2.55. The van der Waals surface area contributed by atoms with Crippen molar-refractivity contribution in [3.05, 3.63) is 36.1 Å². The summed E-state index contributed by atoms with van der Waals surface area (Å²) in [6, 6.07) is 9.41. The summed E-state index contributed by atoms with van der Waals surface area (Å²) in [6.07, 6.45) is 4.59. The van der Waals surface area contributed by atoms with Gasteiger partial charge in [-0.2, -0.15) is 0 Å². The van der Waals surface area contributed by atoms with Crippen molar-refractivity contribution in [2.45, 2.75) is 25.7 Å². The molecule has 0 unspecified atom stereocenters. The van der Waals surface area contributed by atoms with E-state index in [1.165, 1.54) is 12.8 Å². The summed E-state index contributed by atoms with van der Waals surface area (Å²) < 4.78 is 5.57. The highest BCUT2D eigenvalue weighted by Crippen LogP contribution is 2.38. The van der Waals surface area contributed by atoms with Crippen LogP contribution in [0.4, 0.5) is 0 Å². The molecule has 1 aliphatic carbocycles. The molecule has 1 aromatic carbocycles. The molecule has 0 radical (unpaired) electrons. The van der Waals surface area contributed by atoms with E-state index in [9.17, 15) is 4.79 Å². The third-order valence-corrected chi connectivity index (χ3v) is 4.79. The van der Waals surface area contributed by atoms with Gasteiger partial charge < -0.3 is 9.73 Å². The maximum atomic E-state index is 12.2. The molecular formula is C16H18ClNO2. The number of hydrogen-bond donors (Lipinski definition) is 1. The fourth-order valence-electron chi connectivity index (χ4n) is 2.93. The second kappa shape index (κ2) is 5.49. The quantitative estimate of drug-likeness (QED) is 0.866. The van der Waals surface area contributed by atoms with Crippen LogP contribution in [0.15, 0.2) is 34.7 Å². The topological polar surface area (TPSA) is 42.2 Å². The van der Waals surface area contributed by atoms with Crippen LogP contribution >= 0.6 is 11.6 Å². The van der Waals surface area contributed by atoms with Crippen LogP contribution in [0.25, 0.3) is 11.0 Å². The van der Waals surface area contributed by atoms with E-state index >= 15 is 0 Å². The standard InChI is InChI=1S/C16H18ClNO2/c17-10-16(7-3-4-8-16)11-18-15(19)14-9-12-5-1-2-6-13(12)20-14/h1-2,5-6,9H,3-4,7-8,10-11H2,(H,18,19). The molecule has 20 heavy (non-hydrogen) atoms. The smallest absolute Gasteiger partial charge is 0.287 e. The average Bonchev–Trinajstić information content (AvgIpc) is 3.12. The van der Waals surface area contributed by atoms with Gasteiger partial charge in [0, 0.05) is 23.2 Å². The van der Waals surface area contributed by atoms with Crippen molar-refractivity contribution in [3.8, 4) is 0 Å². The first-order valence-electron chi connectivity index (χ1n) is 7.05. The number of alkyl halides is 1. The highest BCUT2D eigenvalue weighted by atomic mass is 35.5. The lowest BCUT2D eigenvalue weighted by molar-refractivity contribution is 0.0909. The highest BCUT2D eigenvalue weighted by molar-refractivity contribution is 6.18. The minimum Gasteiger partial charge on any atom is -0.451 e. The summed E-state index contributed by atoms with van der Waals surface area (Å²) in [5, 5.41) is 3.93. The molecule has 0 aliphatic heterocycles. The molecule has 1 heterocycles. The van der Waals surface area contributed by atoms with Crippen LogP contribution in [-0.4, -0.2) is 18.3 Å². The molecule has 3 nitrogen and oxygen atoms in total. The number of nitrogens with one attached hydrogen (secondary N) is 1. The number of carbonyl (C=O) groups is 1. The molecule has 0 atom stereocenters. The van der Waals surface area contributed by atoms with Gasteiger partial charge in [0.1, 0.15) is 5.58 Å². The van der Waals surface area contributed by atoms with Gasteiger partial charge in [-0.15, -0.1) is 11.6 Å². The molecule has 4 heteroatoms. The monoisotopic (exact) mass is 291 g/mol. The second-order valence-corrected chi connectivity index (χ2v) is 5.94. The Morgan fingerprint density at radius 3 is 2.75 bits per heavy atom. The number of hydrogen-bond acceptors (Lipinski definition) is 2. The van der Waals surface area contributed by atoms with Gasteiger partial charge in [0.2, 0.25) is 0 Å². The van der Waals surface area contributed by atoms with E-state index in [1.807, 2.05) is 24.3 Å². The predicted molar refractivity (Wildman–Crippen MR) is 80.2 cm³/mol. The molecule has 2 aromatic rings. The minimum absolute atomic E-state index is 0.0726. The van der Waals surface area contributed by atoms with Gasteiger partial charge in [-0.1, -0.05) is 31.0 Å². The molecule has 0 saturated heterocycles. The van der Waals surface area contributed by atoms with Gasteiger partial charge >= 0.3 is 0 Å². The summed E-state index contributed by atoms with van der Waals surface area (Å²) in [5.41, 5.74) is 0.814. The largest absolute Gasteiger partial charge is 0.451 e. The van der Waals surface area contributed by atoms with Crippen LogP contribution in [0.1, 0.15) is 36.2 Å². The Labute approximate surface area is 123 Å². The first kappa shape index (κ1) is 13.5. The first-order chi connectivity index (χ1) is 9.72. The number of fused-ring (bicyclic) bond motifs is 1. The molecule has 0 spiro atoms. The van der Waals surface area contributed by atoms with Crippen LogP contribution < -0.4 is 5.32 Å². The molecular weight excluding hydrogens is 274 g/mol. The molecule has 1 saturated carbocycles. The van der Waals surface area contributed by atoms with Gasteiger partial charge in [0.15, 0.2) is 5.76 Å². The Balaban J connectivity index is 1.69. The second-order valence-electron chi connectivity index (χ2n) is 5.67. The third-order valence-electron chi connectivity index (χ3n) is 4.22. The van der Waals surface area contributed by atoms with E-state index in [4.69, 9.17) is 16.0 Å². The van der Waals surface area contributed by atoms with E-state index in [1.54, 1.807) is 6.07 Å². The number of carbonyl (C=O) groups excluding carboxylic acids is 1. The number of furan rings is 1. The Hall–Kier alpha value is -1.48. The van der Waals surface area contributed by atoms with Crippen molar-refractivity contribution in [1.29, 1.82) is 0 Å². The lowest BCUT2D eigenvalue weighted by Gasteiger charge is -2.26. The number of rotatable bonds is 4. The van der Waals surface area contributed by atoms with E-state index in [-0.39, 0.29) is 11.3 Å². The van der Waals surface area contributed by atoms with E-state index in [0.29, 0.717) is 18.2 Å². The Morgan fingerprint density at radius 2 is 2.05 bits per heavy atom. The van der Waals surface area contributed by atoms with E-state index < -0.39 is 0 Å². The Kier molecular flexibility index (Phi) is 3.70. The molecule has 1 N–H and O–H groups in total. The van der Waals surface area contributed by atoms with Gasteiger partial charge in [-0.25, -0.2) is 0 Å². The number of para-hydroxylation sites is 1. The SMILES string of the molecule is O=C(NCC1(CCl)CCCC1)c1cc2ccccc2o1. The molecule has 1 amide bonds. The van der Waals surface area contributed by atoms with Crippen LogP contribution in [0, 0.1) is 5.41 Å². The molecule has 1 fully saturated rings. The van der Waals surface area contributed by atoms with Crippen molar-refractivity contribution in [2.24, 2.45) is 5.41 Å². The molecule has 3 rings (SSSR count). The zero-order valence-corrected chi connectivity index (χ0v) is 12.1. The maximum absolute atomic E-state index is 12.2. The van der Waals surface area contributed by atoms with Gasteiger partial charge in [0.05, 0.1) is 0 Å². The number of amides is 1. The van der Waals surface area contributed by atoms with Crippen molar-refractivity contribution in [1.82, 2.24) is 5.32 Å². The van der Waals surface area contributed by atoms with Gasteiger partial charge in [0.25, 0.3) is 5.91 Å².